The molecule has 0 saturated heterocycles. The average molecular weight is 516 g/mol. The van der Waals surface area contributed by atoms with Crippen LogP contribution >= 0.6 is 0 Å². The quantitative estimate of drug-likeness (QED) is 0.469. The van der Waals surface area contributed by atoms with Crippen molar-refractivity contribution in [3.63, 3.8) is 0 Å². The third kappa shape index (κ3) is 6.40. The minimum atomic E-state index is -3.84. The Morgan fingerprint density at radius 1 is 0.800 bits per heavy atom. The maximum absolute atomic E-state index is 12.8. The zero-order valence-electron chi connectivity index (χ0n) is 20.3. The molecule has 0 aromatic heterocycles. The van der Waals surface area contributed by atoms with Crippen LogP contribution in [0.15, 0.2) is 65.6 Å². The first-order valence-corrected chi connectivity index (χ1v) is 14.1. The molecule has 3 aromatic rings. The molecule has 10 heteroatoms. The van der Waals surface area contributed by atoms with E-state index in [-0.39, 0.29) is 4.90 Å². The summed E-state index contributed by atoms with van der Waals surface area (Å²) in [4.78, 5) is 12.7. The van der Waals surface area contributed by atoms with Crippen LogP contribution in [0.3, 0.4) is 0 Å². The van der Waals surface area contributed by atoms with Gasteiger partial charge in [0.15, 0.2) is 0 Å². The normalized spacial score (nSPS) is 11.7. The first-order chi connectivity index (χ1) is 16.3. The van der Waals surface area contributed by atoms with Crippen LogP contribution < -0.4 is 14.3 Å². The summed E-state index contributed by atoms with van der Waals surface area (Å²) in [6.45, 7) is 7.00. The Hall–Kier alpha value is -3.37. The predicted molar refractivity (Wildman–Crippen MR) is 140 cm³/mol. The van der Waals surface area contributed by atoms with Crippen LogP contribution in [0.1, 0.15) is 22.3 Å². The number of nitrogens with zero attached hydrogens (tertiary/aromatic N) is 1. The van der Waals surface area contributed by atoms with Crippen molar-refractivity contribution in [2.24, 2.45) is 0 Å². The summed E-state index contributed by atoms with van der Waals surface area (Å²) in [5.74, 6) is -0.557. The molecule has 0 bridgehead atoms. The van der Waals surface area contributed by atoms with Crippen molar-refractivity contribution >= 4 is 43.0 Å². The number of carbonyl (C=O) groups excluding carboxylic acids is 1. The molecule has 0 unspecified atom stereocenters. The third-order valence-corrected chi connectivity index (χ3v) is 8.14. The molecular formula is C25H29N3O5S2. The maximum atomic E-state index is 12.8. The second-order valence-electron chi connectivity index (χ2n) is 8.48. The van der Waals surface area contributed by atoms with Gasteiger partial charge in [-0.3, -0.25) is 13.8 Å². The molecule has 35 heavy (non-hydrogen) atoms. The molecular weight excluding hydrogens is 486 g/mol. The smallest absolute Gasteiger partial charge is 0.261 e. The largest absolute Gasteiger partial charge is 0.325 e. The van der Waals surface area contributed by atoms with Gasteiger partial charge in [0.1, 0.15) is 6.54 Å². The fraction of sp³-hybridized carbons (Fsp3) is 0.240. The van der Waals surface area contributed by atoms with Crippen LogP contribution in [0, 0.1) is 27.7 Å². The number of carbonyl (C=O) groups is 1. The number of anilines is 3. The predicted octanol–water partition coefficient (Wildman–Crippen LogP) is 4.13. The van der Waals surface area contributed by atoms with Gasteiger partial charge in [0, 0.05) is 5.69 Å². The molecule has 3 rings (SSSR count). The molecule has 0 heterocycles. The summed E-state index contributed by atoms with van der Waals surface area (Å²) >= 11 is 0. The van der Waals surface area contributed by atoms with Crippen LogP contribution in [-0.2, 0) is 24.8 Å². The fourth-order valence-electron chi connectivity index (χ4n) is 3.50. The number of benzene rings is 3. The van der Waals surface area contributed by atoms with Crippen molar-refractivity contribution in [3.05, 3.63) is 82.9 Å². The lowest BCUT2D eigenvalue weighted by Gasteiger charge is -2.22. The van der Waals surface area contributed by atoms with Gasteiger partial charge in [-0.15, -0.1) is 0 Å². The number of rotatable bonds is 8. The Balaban J connectivity index is 1.75. The van der Waals surface area contributed by atoms with Crippen molar-refractivity contribution < 1.29 is 21.6 Å². The number of aryl methyl sites for hydroxylation is 4. The van der Waals surface area contributed by atoms with Gasteiger partial charge in [0.2, 0.25) is 15.9 Å². The highest BCUT2D eigenvalue weighted by molar-refractivity contribution is 7.92. The fourth-order valence-corrected chi connectivity index (χ4v) is 5.55. The van der Waals surface area contributed by atoms with Crippen LogP contribution in [0.4, 0.5) is 17.1 Å². The van der Waals surface area contributed by atoms with Gasteiger partial charge in [-0.05, 0) is 86.3 Å². The number of para-hydroxylation sites is 1. The maximum Gasteiger partial charge on any atom is 0.261 e. The van der Waals surface area contributed by atoms with E-state index in [4.69, 9.17) is 0 Å². The van der Waals surface area contributed by atoms with Crippen molar-refractivity contribution in [2.45, 2.75) is 32.6 Å². The van der Waals surface area contributed by atoms with Gasteiger partial charge in [0.05, 0.1) is 22.5 Å². The van der Waals surface area contributed by atoms with Gasteiger partial charge >= 0.3 is 0 Å². The Morgan fingerprint density at radius 3 is 1.94 bits per heavy atom. The minimum absolute atomic E-state index is 0.0334. The zero-order valence-corrected chi connectivity index (χ0v) is 21.9. The summed E-state index contributed by atoms with van der Waals surface area (Å²) in [5, 5.41) is 2.63. The Kier molecular flexibility index (Phi) is 7.56. The monoisotopic (exact) mass is 515 g/mol. The van der Waals surface area contributed by atoms with Crippen molar-refractivity contribution in [1.82, 2.24) is 0 Å². The van der Waals surface area contributed by atoms with Crippen LogP contribution in [0.2, 0.25) is 0 Å². The van der Waals surface area contributed by atoms with E-state index in [0.717, 1.165) is 32.8 Å². The van der Waals surface area contributed by atoms with E-state index in [1.54, 1.807) is 18.2 Å². The SMILES string of the molecule is Cc1ccc(N(CC(=O)Nc2ccc(S(=O)(=O)Nc3c(C)cccc3C)cc2)S(C)(=O)=O)cc1C. The number of sulfonamides is 2. The lowest BCUT2D eigenvalue weighted by atomic mass is 10.1. The first-order valence-electron chi connectivity index (χ1n) is 10.8. The molecule has 0 spiro atoms. The van der Waals surface area contributed by atoms with E-state index in [9.17, 15) is 21.6 Å². The van der Waals surface area contributed by atoms with Gasteiger partial charge in [-0.25, -0.2) is 16.8 Å². The standard InChI is InChI=1S/C25H29N3O5S2/c1-17-9-12-22(15-20(17)4)28(34(5,30)31)16-24(29)26-21-10-13-23(14-11-21)35(32,33)27-25-18(2)7-6-8-19(25)3/h6-15,27H,16H2,1-5H3,(H,26,29). The Labute approximate surface area is 207 Å². The van der Waals surface area contributed by atoms with E-state index in [2.05, 4.69) is 10.0 Å². The highest BCUT2D eigenvalue weighted by Gasteiger charge is 2.22. The minimum Gasteiger partial charge on any atom is -0.325 e. The van der Waals surface area contributed by atoms with Crippen molar-refractivity contribution in [2.75, 3.05) is 27.1 Å². The molecule has 0 fully saturated rings. The lowest BCUT2D eigenvalue weighted by Crippen LogP contribution is -2.37. The first kappa shape index (κ1) is 26.2. The van der Waals surface area contributed by atoms with Crippen LogP contribution in [0.5, 0.6) is 0 Å². The topological polar surface area (TPSA) is 113 Å². The summed E-state index contributed by atoms with van der Waals surface area (Å²) in [6, 6.07) is 16.3. The highest BCUT2D eigenvalue weighted by Crippen LogP contribution is 2.25. The molecule has 1 amide bonds. The summed E-state index contributed by atoms with van der Waals surface area (Å²) in [5.41, 5.74) is 4.78. The summed E-state index contributed by atoms with van der Waals surface area (Å²) in [7, 11) is -7.55. The number of amides is 1. The second kappa shape index (κ2) is 10.1. The molecule has 0 saturated carbocycles. The Bertz CT molecular complexity index is 1450. The van der Waals surface area contributed by atoms with E-state index in [1.165, 1.54) is 24.3 Å². The second-order valence-corrected chi connectivity index (χ2v) is 12.1. The van der Waals surface area contributed by atoms with E-state index < -0.39 is 32.5 Å². The number of hydrogen-bond donors (Lipinski definition) is 2. The van der Waals surface area contributed by atoms with E-state index in [0.29, 0.717) is 17.1 Å². The van der Waals surface area contributed by atoms with Crippen molar-refractivity contribution in [3.8, 4) is 0 Å². The lowest BCUT2D eigenvalue weighted by molar-refractivity contribution is -0.114. The molecule has 0 aliphatic heterocycles. The average Bonchev–Trinajstić information content (AvgIpc) is 2.76. The molecule has 0 aliphatic rings. The highest BCUT2D eigenvalue weighted by atomic mass is 32.2. The molecule has 0 radical (unpaired) electrons. The molecule has 3 aromatic carbocycles. The third-order valence-electron chi connectivity index (χ3n) is 5.63. The molecule has 8 nitrogen and oxygen atoms in total. The number of hydrogen-bond acceptors (Lipinski definition) is 5. The summed E-state index contributed by atoms with van der Waals surface area (Å²) < 4.78 is 54.0. The van der Waals surface area contributed by atoms with Gasteiger partial charge in [-0.1, -0.05) is 24.3 Å². The van der Waals surface area contributed by atoms with Crippen LogP contribution in [0.25, 0.3) is 0 Å². The summed E-state index contributed by atoms with van der Waals surface area (Å²) in [6.07, 6.45) is 1.04. The van der Waals surface area contributed by atoms with E-state index >= 15 is 0 Å². The molecule has 0 atom stereocenters. The van der Waals surface area contributed by atoms with Crippen molar-refractivity contribution in [1.29, 1.82) is 0 Å². The van der Waals surface area contributed by atoms with Gasteiger partial charge in [0.25, 0.3) is 10.0 Å². The molecule has 0 aliphatic carbocycles. The van der Waals surface area contributed by atoms with E-state index in [1.807, 2.05) is 45.9 Å². The molecule has 186 valence electrons. The number of nitrogens with one attached hydrogen (secondary N) is 2. The van der Waals surface area contributed by atoms with Gasteiger partial charge < -0.3 is 5.32 Å². The van der Waals surface area contributed by atoms with Gasteiger partial charge in [-0.2, -0.15) is 0 Å². The molecule has 2 N–H and O–H groups in total. The zero-order chi connectivity index (χ0) is 26.0. The van der Waals surface area contributed by atoms with Crippen LogP contribution in [-0.4, -0.2) is 35.5 Å². The Morgan fingerprint density at radius 2 is 1.40 bits per heavy atom.